The van der Waals surface area contributed by atoms with E-state index in [1.165, 1.54) is 18.3 Å². The second-order valence-corrected chi connectivity index (χ2v) is 5.60. The zero-order chi connectivity index (χ0) is 18.4. The van der Waals surface area contributed by atoms with E-state index in [-0.39, 0.29) is 17.3 Å². The van der Waals surface area contributed by atoms with E-state index in [2.05, 4.69) is 20.6 Å². The molecule has 0 atom stereocenters. The molecular weight excluding hydrogens is 357 g/mol. The Labute approximate surface area is 147 Å². The summed E-state index contributed by atoms with van der Waals surface area (Å²) in [6.45, 7) is 2.70. The summed E-state index contributed by atoms with van der Waals surface area (Å²) in [5.41, 5.74) is -1.00. The van der Waals surface area contributed by atoms with E-state index < -0.39 is 22.7 Å². The minimum atomic E-state index is -4.61. The standard InChI is InChI=1S/C16H16ClF3N4O/c1-2-3-7-21-15-22-8-6-13(24-15)14(25)23-10-4-5-12(17)11(9-10)16(18,19)20/h4-6,8-9H,2-3,7H2,1H3,(H,23,25)(H,21,22,24). The molecule has 2 rings (SSSR count). The number of benzene rings is 1. The van der Waals surface area contributed by atoms with Gasteiger partial charge in [-0.2, -0.15) is 13.2 Å². The van der Waals surface area contributed by atoms with Crippen molar-refractivity contribution in [1.82, 2.24) is 9.97 Å². The largest absolute Gasteiger partial charge is 0.417 e. The number of carbonyl (C=O) groups excluding carboxylic acids is 1. The van der Waals surface area contributed by atoms with Crippen LogP contribution in [0.5, 0.6) is 0 Å². The lowest BCUT2D eigenvalue weighted by Gasteiger charge is -2.12. The van der Waals surface area contributed by atoms with Crippen molar-refractivity contribution >= 4 is 29.1 Å². The van der Waals surface area contributed by atoms with E-state index in [0.717, 1.165) is 25.0 Å². The fourth-order valence-electron chi connectivity index (χ4n) is 1.96. The Balaban J connectivity index is 2.13. The fourth-order valence-corrected chi connectivity index (χ4v) is 2.19. The van der Waals surface area contributed by atoms with E-state index in [4.69, 9.17) is 11.6 Å². The van der Waals surface area contributed by atoms with E-state index in [9.17, 15) is 18.0 Å². The number of unbranched alkanes of at least 4 members (excludes halogenated alkanes) is 1. The van der Waals surface area contributed by atoms with Crippen molar-refractivity contribution in [2.24, 2.45) is 0 Å². The van der Waals surface area contributed by atoms with Gasteiger partial charge in [-0.3, -0.25) is 4.79 Å². The molecule has 1 heterocycles. The molecule has 0 fully saturated rings. The number of nitrogens with one attached hydrogen (secondary N) is 2. The lowest BCUT2D eigenvalue weighted by molar-refractivity contribution is -0.137. The van der Waals surface area contributed by atoms with E-state index in [0.29, 0.717) is 6.54 Å². The predicted octanol–water partition coefficient (Wildman–Crippen LogP) is 4.61. The van der Waals surface area contributed by atoms with Crippen LogP contribution in [-0.4, -0.2) is 22.4 Å². The number of carbonyl (C=O) groups is 1. The number of rotatable bonds is 6. The third-order valence-corrected chi connectivity index (χ3v) is 3.56. The number of halogens is 4. The lowest BCUT2D eigenvalue weighted by Crippen LogP contribution is -2.16. The predicted molar refractivity (Wildman–Crippen MR) is 89.8 cm³/mol. The number of aromatic nitrogens is 2. The SMILES string of the molecule is CCCCNc1nccc(C(=O)Nc2ccc(Cl)c(C(F)(F)F)c2)n1. The van der Waals surface area contributed by atoms with E-state index >= 15 is 0 Å². The van der Waals surface area contributed by atoms with Crippen LogP contribution in [0.4, 0.5) is 24.8 Å². The molecule has 0 saturated carbocycles. The highest BCUT2D eigenvalue weighted by Gasteiger charge is 2.33. The summed E-state index contributed by atoms with van der Waals surface area (Å²) >= 11 is 5.55. The first-order valence-electron chi connectivity index (χ1n) is 7.56. The molecule has 0 spiro atoms. The quantitative estimate of drug-likeness (QED) is 0.726. The first-order valence-corrected chi connectivity index (χ1v) is 7.94. The van der Waals surface area contributed by atoms with Gasteiger partial charge in [0.15, 0.2) is 0 Å². The van der Waals surface area contributed by atoms with Gasteiger partial charge in [-0.15, -0.1) is 0 Å². The fraction of sp³-hybridized carbons (Fsp3) is 0.312. The van der Waals surface area contributed by atoms with Crippen LogP contribution in [0.3, 0.4) is 0 Å². The zero-order valence-electron chi connectivity index (χ0n) is 13.3. The van der Waals surface area contributed by atoms with Crippen LogP contribution in [0.15, 0.2) is 30.5 Å². The lowest BCUT2D eigenvalue weighted by atomic mass is 10.2. The molecule has 1 aromatic heterocycles. The molecule has 2 aromatic rings. The molecule has 0 aliphatic rings. The van der Waals surface area contributed by atoms with Crippen molar-refractivity contribution in [3.05, 3.63) is 46.7 Å². The maximum atomic E-state index is 12.9. The summed E-state index contributed by atoms with van der Waals surface area (Å²) in [5.74, 6) is -0.357. The normalized spacial score (nSPS) is 11.2. The average molecular weight is 373 g/mol. The summed E-state index contributed by atoms with van der Waals surface area (Å²) in [6.07, 6.45) is -1.29. The van der Waals surface area contributed by atoms with Crippen molar-refractivity contribution in [3.8, 4) is 0 Å². The maximum Gasteiger partial charge on any atom is 0.417 e. The summed E-state index contributed by atoms with van der Waals surface area (Å²) in [7, 11) is 0. The number of nitrogens with zero attached hydrogens (tertiary/aromatic N) is 2. The molecule has 5 nitrogen and oxygen atoms in total. The van der Waals surface area contributed by atoms with Crippen molar-refractivity contribution in [2.45, 2.75) is 25.9 Å². The Morgan fingerprint density at radius 2 is 2.04 bits per heavy atom. The Kier molecular flexibility index (Phi) is 6.19. The van der Waals surface area contributed by atoms with Crippen LogP contribution in [-0.2, 0) is 6.18 Å². The molecular formula is C16H16ClF3N4O. The first kappa shape index (κ1) is 19.0. The molecule has 1 amide bonds. The van der Waals surface area contributed by atoms with Gasteiger partial charge < -0.3 is 10.6 Å². The van der Waals surface area contributed by atoms with Gasteiger partial charge in [-0.05, 0) is 30.7 Å². The second-order valence-electron chi connectivity index (χ2n) is 5.19. The summed E-state index contributed by atoms with van der Waals surface area (Å²) < 4.78 is 38.6. The molecule has 0 aliphatic carbocycles. The highest BCUT2D eigenvalue weighted by molar-refractivity contribution is 6.31. The minimum absolute atomic E-state index is 0.0270. The van der Waals surface area contributed by atoms with Gasteiger partial charge in [0.2, 0.25) is 5.95 Å². The zero-order valence-corrected chi connectivity index (χ0v) is 14.1. The molecule has 0 aliphatic heterocycles. The number of hydrogen-bond acceptors (Lipinski definition) is 4. The third-order valence-electron chi connectivity index (χ3n) is 3.23. The molecule has 134 valence electrons. The van der Waals surface area contributed by atoms with Crippen molar-refractivity contribution in [1.29, 1.82) is 0 Å². The Morgan fingerprint density at radius 1 is 1.28 bits per heavy atom. The average Bonchev–Trinajstić information content (AvgIpc) is 2.56. The van der Waals surface area contributed by atoms with E-state index in [1.807, 2.05) is 6.92 Å². The minimum Gasteiger partial charge on any atom is -0.354 e. The Hall–Kier alpha value is -2.35. The highest BCUT2D eigenvalue weighted by Crippen LogP contribution is 2.36. The molecule has 0 unspecified atom stereocenters. The van der Waals surface area contributed by atoms with Gasteiger partial charge in [-0.1, -0.05) is 24.9 Å². The van der Waals surface area contributed by atoms with Gasteiger partial charge in [0.25, 0.3) is 5.91 Å². The Morgan fingerprint density at radius 3 is 2.72 bits per heavy atom. The molecule has 0 radical (unpaired) electrons. The van der Waals surface area contributed by atoms with Crippen molar-refractivity contribution in [2.75, 3.05) is 17.2 Å². The molecule has 1 aromatic carbocycles. The van der Waals surface area contributed by atoms with Crippen molar-refractivity contribution in [3.63, 3.8) is 0 Å². The highest BCUT2D eigenvalue weighted by atomic mass is 35.5. The summed E-state index contributed by atoms with van der Waals surface area (Å²) in [6, 6.07) is 4.53. The number of hydrogen-bond donors (Lipinski definition) is 2. The van der Waals surface area contributed by atoms with Gasteiger partial charge in [-0.25, -0.2) is 9.97 Å². The monoisotopic (exact) mass is 372 g/mol. The molecule has 25 heavy (non-hydrogen) atoms. The molecule has 0 bridgehead atoms. The summed E-state index contributed by atoms with van der Waals surface area (Å²) in [5, 5.41) is 4.91. The van der Waals surface area contributed by atoms with Crippen LogP contribution < -0.4 is 10.6 Å². The van der Waals surface area contributed by atoms with E-state index in [1.54, 1.807) is 0 Å². The maximum absolute atomic E-state index is 12.9. The molecule has 0 saturated heterocycles. The van der Waals surface area contributed by atoms with Crippen LogP contribution in [0.2, 0.25) is 5.02 Å². The van der Waals surface area contributed by atoms with Crippen molar-refractivity contribution < 1.29 is 18.0 Å². The number of anilines is 2. The molecule has 2 N–H and O–H groups in total. The molecule has 9 heteroatoms. The topological polar surface area (TPSA) is 66.9 Å². The van der Waals surface area contributed by atoms with Crippen LogP contribution in [0.1, 0.15) is 35.8 Å². The van der Waals surface area contributed by atoms with Crippen LogP contribution in [0.25, 0.3) is 0 Å². The van der Waals surface area contributed by atoms with Crippen LogP contribution in [0, 0.1) is 0 Å². The Bertz CT molecular complexity index is 752. The van der Waals surface area contributed by atoms with Crippen LogP contribution >= 0.6 is 11.6 Å². The first-order chi connectivity index (χ1) is 11.8. The van der Waals surface area contributed by atoms with Gasteiger partial charge >= 0.3 is 6.18 Å². The smallest absolute Gasteiger partial charge is 0.354 e. The number of amides is 1. The summed E-state index contributed by atoms with van der Waals surface area (Å²) in [4.78, 5) is 20.2. The third kappa shape index (κ3) is 5.32. The number of alkyl halides is 3. The second kappa shape index (κ2) is 8.15. The van der Waals surface area contributed by atoms with Gasteiger partial charge in [0, 0.05) is 18.4 Å². The van der Waals surface area contributed by atoms with Gasteiger partial charge in [0.1, 0.15) is 5.69 Å². The van der Waals surface area contributed by atoms with Gasteiger partial charge in [0.05, 0.1) is 10.6 Å².